The number of rotatable bonds is 8. The van der Waals surface area contributed by atoms with Crippen molar-refractivity contribution in [3.8, 4) is 11.8 Å². The SMILES string of the molecule is COc1ccc(C(=O)Cc2cnccc2C(=O)CCC(=O)N2CCC(F)(F)C[C@H]2C#N)cc1. The van der Waals surface area contributed by atoms with Gasteiger partial charge >= 0.3 is 0 Å². The molecule has 172 valence electrons. The molecule has 1 atom stereocenters. The summed E-state index contributed by atoms with van der Waals surface area (Å²) in [6, 6.07) is 8.62. The van der Waals surface area contributed by atoms with E-state index in [9.17, 15) is 23.2 Å². The highest BCUT2D eigenvalue weighted by atomic mass is 19.3. The highest BCUT2D eigenvalue weighted by Gasteiger charge is 2.42. The van der Waals surface area contributed by atoms with E-state index in [0.717, 1.165) is 4.90 Å². The molecule has 33 heavy (non-hydrogen) atoms. The fourth-order valence-corrected chi connectivity index (χ4v) is 3.74. The van der Waals surface area contributed by atoms with Gasteiger partial charge in [0.15, 0.2) is 11.6 Å². The third kappa shape index (κ3) is 5.98. The van der Waals surface area contributed by atoms with Gasteiger partial charge < -0.3 is 9.64 Å². The minimum absolute atomic E-state index is 0.0487. The van der Waals surface area contributed by atoms with Crippen molar-refractivity contribution in [1.29, 1.82) is 5.26 Å². The standard InChI is InChI=1S/C24H23F2N3O4/c1-33-19-4-2-16(3-5-19)22(31)12-17-15-28-10-8-20(17)21(30)6-7-23(32)29-11-9-24(25,26)13-18(29)14-27/h2-5,8,10,15,18H,6-7,9,11-13H2,1H3/t18-/m0/s1. The molecule has 0 radical (unpaired) electrons. The number of Topliss-reactive ketones (excluding diaryl/α,β-unsaturated/α-hetero) is 2. The number of carbonyl (C=O) groups excluding carboxylic acids is 3. The maximum Gasteiger partial charge on any atom is 0.252 e. The van der Waals surface area contributed by atoms with Crippen molar-refractivity contribution in [2.75, 3.05) is 13.7 Å². The maximum absolute atomic E-state index is 13.5. The number of halogens is 2. The zero-order valence-electron chi connectivity index (χ0n) is 18.1. The van der Waals surface area contributed by atoms with E-state index in [1.54, 1.807) is 30.3 Å². The minimum atomic E-state index is -2.98. The van der Waals surface area contributed by atoms with Crippen LogP contribution in [0, 0.1) is 11.3 Å². The molecule has 0 saturated carbocycles. The van der Waals surface area contributed by atoms with Gasteiger partial charge in [0.25, 0.3) is 5.92 Å². The average Bonchev–Trinajstić information content (AvgIpc) is 2.82. The molecule has 1 aromatic carbocycles. The van der Waals surface area contributed by atoms with Crippen LogP contribution in [0.25, 0.3) is 0 Å². The van der Waals surface area contributed by atoms with Crippen LogP contribution in [0.5, 0.6) is 5.75 Å². The average molecular weight is 455 g/mol. The van der Waals surface area contributed by atoms with Gasteiger partial charge in [-0.1, -0.05) is 0 Å². The van der Waals surface area contributed by atoms with Crippen LogP contribution >= 0.6 is 0 Å². The quantitative estimate of drug-likeness (QED) is 0.564. The normalized spacial score (nSPS) is 17.2. The molecular weight excluding hydrogens is 432 g/mol. The zero-order chi connectivity index (χ0) is 24.0. The molecule has 2 aromatic rings. The predicted molar refractivity (Wildman–Crippen MR) is 114 cm³/mol. The number of benzene rings is 1. The van der Waals surface area contributed by atoms with E-state index >= 15 is 0 Å². The van der Waals surface area contributed by atoms with Crippen LogP contribution in [0.3, 0.4) is 0 Å². The van der Waals surface area contributed by atoms with Crippen LogP contribution in [0.1, 0.15) is 52.0 Å². The van der Waals surface area contributed by atoms with E-state index in [-0.39, 0.29) is 42.9 Å². The van der Waals surface area contributed by atoms with Crippen LogP contribution < -0.4 is 4.74 Å². The van der Waals surface area contributed by atoms with Crippen molar-refractivity contribution in [3.05, 3.63) is 59.4 Å². The van der Waals surface area contributed by atoms with Crippen LogP contribution in [0.15, 0.2) is 42.7 Å². The van der Waals surface area contributed by atoms with Gasteiger partial charge in [-0.05, 0) is 35.9 Å². The third-order valence-corrected chi connectivity index (χ3v) is 5.59. The van der Waals surface area contributed by atoms with Gasteiger partial charge in [-0.3, -0.25) is 19.4 Å². The molecule has 0 spiro atoms. The van der Waals surface area contributed by atoms with Crippen LogP contribution in [-0.2, 0) is 11.2 Å². The molecule has 0 bridgehead atoms. The number of ether oxygens (including phenoxy) is 1. The van der Waals surface area contributed by atoms with Crippen LogP contribution in [0.2, 0.25) is 0 Å². The summed E-state index contributed by atoms with van der Waals surface area (Å²) in [6.45, 7) is -0.227. The topological polar surface area (TPSA) is 100 Å². The number of methoxy groups -OCH3 is 1. The Morgan fingerprint density at radius 1 is 1.18 bits per heavy atom. The van der Waals surface area contributed by atoms with Gasteiger partial charge in [0.2, 0.25) is 5.91 Å². The lowest BCUT2D eigenvalue weighted by Crippen LogP contribution is -2.49. The first-order valence-corrected chi connectivity index (χ1v) is 10.4. The molecule has 1 aliphatic rings. The highest BCUT2D eigenvalue weighted by Crippen LogP contribution is 2.32. The fourth-order valence-electron chi connectivity index (χ4n) is 3.74. The fraction of sp³-hybridized carbons (Fsp3) is 0.375. The Morgan fingerprint density at radius 2 is 1.91 bits per heavy atom. The number of aromatic nitrogens is 1. The van der Waals surface area contributed by atoms with Gasteiger partial charge in [0.05, 0.1) is 13.2 Å². The Bertz CT molecular complexity index is 1080. The van der Waals surface area contributed by atoms with E-state index < -0.39 is 30.7 Å². The largest absolute Gasteiger partial charge is 0.497 e. The van der Waals surface area contributed by atoms with E-state index in [4.69, 9.17) is 10.00 Å². The number of nitriles is 1. The number of carbonyl (C=O) groups is 3. The molecule has 1 aromatic heterocycles. The van der Waals surface area contributed by atoms with E-state index in [2.05, 4.69) is 4.98 Å². The number of amides is 1. The Hall–Kier alpha value is -3.67. The first kappa shape index (κ1) is 24.0. The van der Waals surface area contributed by atoms with E-state index in [0.29, 0.717) is 16.9 Å². The Balaban J connectivity index is 1.64. The van der Waals surface area contributed by atoms with E-state index in [1.807, 2.05) is 0 Å². The molecule has 1 amide bonds. The molecule has 1 fully saturated rings. The van der Waals surface area contributed by atoms with Crippen LogP contribution in [0.4, 0.5) is 8.78 Å². The Morgan fingerprint density at radius 3 is 2.58 bits per heavy atom. The second-order valence-corrected chi connectivity index (χ2v) is 7.83. The third-order valence-electron chi connectivity index (χ3n) is 5.59. The van der Waals surface area contributed by atoms with Crippen molar-refractivity contribution < 1.29 is 27.9 Å². The van der Waals surface area contributed by atoms with Gasteiger partial charge in [0.1, 0.15) is 11.8 Å². The molecular formula is C24H23F2N3O4. The molecule has 1 saturated heterocycles. The van der Waals surface area contributed by atoms with Crippen molar-refractivity contribution in [3.63, 3.8) is 0 Å². The molecule has 7 nitrogen and oxygen atoms in total. The summed E-state index contributed by atoms with van der Waals surface area (Å²) >= 11 is 0. The number of hydrogen-bond acceptors (Lipinski definition) is 6. The van der Waals surface area contributed by atoms with Crippen molar-refractivity contribution in [2.45, 2.75) is 44.1 Å². The molecule has 2 heterocycles. The maximum atomic E-state index is 13.5. The van der Waals surface area contributed by atoms with Crippen LogP contribution in [-0.4, -0.2) is 53.0 Å². The number of nitrogens with zero attached hydrogens (tertiary/aromatic N) is 3. The molecule has 3 rings (SSSR count). The summed E-state index contributed by atoms with van der Waals surface area (Å²) in [7, 11) is 1.52. The van der Waals surface area contributed by atoms with Gasteiger partial charge in [-0.25, -0.2) is 8.78 Å². The predicted octanol–water partition coefficient (Wildman–Crippen LogP) is 3.63. The second kappa shape index (κ2) is 10.3. The Labute approximate surface area is 190 Å². The number of likely N-dealkylation sites (tertiary alicyclic amines) is 1. The number of ketones is 2. The summed E-state index contributed by atoms with van der Waals surface area (Å²) in [4.78, 5) is 43.1. The Kier molecular flexibility index (Phi) is 7.48. The van der Waals surface area contributed by atoms with Crippen molar-refractivity contribution in [2.24, 2.45) is 0 Å². The summed E-state index contributed by atoms with van der Waals surface area (Å²) in [5, 5.41) is 9.15. The minimum Gasteiger partial charge on any atom is -0.497 e. The zero-order valence-corrected chi connectivity index (χ0v) is 18.1. The van der Waals surface area contributed by atoms with Gasteiger partial charge in [-0.15, -0.1) is 0 Å². The molecule has 0 N–H and O–H groups in total. The number of alkyl halides is 2. The summed E-state index contributed by atoms with van der Waals surface area (Å²) < 4.78 is 32.2. The first-order valence-electron chi connectivity index (χ1n) is 10.4. The summed E-state index contributed by atoms with van der Waals surface area (Å²) in [5.41, 5.74) is 1.17. The highest BCUT2D eigenvalue weighted by molar-refractivity contribution is 6.02. The van der Waals surface area contributed by atoms with Crippen molar-refractivity contribution >= 4 is 17.5 Å². The second-order valence-electron chi connectivity index (χ2n) is 7.83. The lowest BCUT2D eigenvalue weighted by Gasteiger charge is -2.35. The van der Waals surface area contributed by atoms with Gasteiger partial charge in [0, 0.05) is 62.2 Å². The molecule has 0 unspecified atom stereocenters. The number of pyridine rings is 1. The molecule has 0 aliphatic carbocycles. The summed E-state index contributed by atoms with van der Waals surface area (Å²) in [6.07, 6.45) is 1.23. The monoisotopic (exact) mass is 455 g/mol. The first-order chi connectivity index (χ1) is 15.7. The van der Waals surface area contributed by atoms with Gasteiger partial charge in [-0.2, -0.15) is 5.26 Å². The van der Waals surface area contributed by atoms with E-state index in [1.165, 1.54) is 25.6 Å². The number of hydrogen-bond donors (Lipinski definition) is 0. The molecule has 1 aliphatic heterocycles. The summed E-state index contributed by atoms with van der Waals surface area (Å²) in [5.74, 6) is -3.45. The number of piperidine rings is 1. The smallest absolute Gasteiger partial charge is 0.252 e. The van der Waals surface area contributed by atoms with Crippen molar-refractivity contribution in [1.82, 2.24) is 9.88 Å². The molecule has 9 heteroatoms. The lowest BCUT2D eigenvalue weighted by molar-refractivity contribution is -0.140. The lowest BCUT2D eigenvalue weighted by atomic mass is 9.96.